The molecule has 0 bridgehead atoms. The van der Waals surface area contributed by atoms with Crippen LogP contribution in [0.4, 0.5) is 13.2 Å². The van der Waals surface area contributed by atoms with Crippen LogP contribution in [0.2, 0.25) is 0 Å². The first-order chi connectivity index (χ1) is 9.84. The van der Waals surface area contributed by atoms with Gasteiger partial charge in [0.2, 0.25) is 0 Å². The van der Waals surface area contributed by atoms with Crippen LogP contribution in [-0.4, -0.2) is 18.2 Å². The third-order valence-electron chi connectivity index (χ3n) is 2.98. The van der Waals surface area contributed by atoms with Crippen molar-refractivity contribution in [3.05, 3.63) is 53.6 Å². The van der Waals surface area contributed by atoms with Gasteiger partial charge in [-0.25, -0.2) is 4.79 Å². The Kier molecular flexibility index (Phi) is 3.88. The van der Waals surface area contributed by atoms with Gasteiger partial charge in [0.05, 0.1) is 18.2 Å². The predicted octanol–water partition coefficient (Wildman–Crippen LogP) is 4.08. The molecule has 0 aromatic heterocycles. The minimum absolute atomic E-state index is 0.00350. The van der Waals surface area contributed by atoms with Crippen molar-refractivity contribution in [2.24, 2.45) is 0 Å². The minimum Gasteiger partial charge on any atom is -0.497 e. The van der Waals surface area contributed by atoms with E-state index in [1.54, 1.807) is 0 Å². The Morgan fingerprint density at radius 1 is 1.10 bits per heavy atom. The van der Waals surface area contributed by atoms with Crippen LogP contribution in [0.5, 0.6) is 5.75 Å². The molecule has 0 aliphatic heterocycles. The molecule has 2 aromatic rings. The number of carboxylic acids is 1. The molecule has 0 amide bonds. The summed E-state index contributed by atoms with van der Waals surface area (Å²) in [5.74, 6) is -1.05. The van der Waals surface area contributed by atoms with Gasteiger partial charge in [0.15, 0.2) is 0 Å². The molecule has 0 atom stereocenters. The van der Waals surface area contributed by atoms with Crippen LogP contribution in [0.25, 0.3) is 11.1 Å². The van der Waals surface area contributed by atoms with E-state index in [-0.39, 0.29) is 22.4 Å². The monoisotopic (exact) mass is 296 g/mol. The second-order valence-electron chi connectivity index (χ2n) is 4.26. The summed E-state index contributed by atoms with van der Waals surface area (Å²) in [6.45, 7) is 0. The maximum absolute atomic E-state index is 13.0. The third-order valence-corrected chi connectivity index (χ3v) is 2.98. The number of benzene rings is 2. The van der Waals surface area contributed by atoms with Crippen LogP contribution in [-0.2, 0) is 6.18 Å². The summed E-state index contributed by atoms with van der Waals surface area (Å²) in [5, 5.41) is 9.20. The Hall–Kier alpha value is -2.50. The van der Waals surface area contributed by atoms with Gasteiger partial charge in [0.25, 0.3) is 0 Å². The van der Waals surface area contributed by atoms with Crippen molar-refractivity contribution in [2.75, 3.05) is 7.11 Å². The summed E-state index contributed by atoms with van der Waals surface area (Å²) >= 11 is 0. The maximum atomic E-state index is 13.0. The number of halogens is 3. The van der Waals surface area contributed by atoms with E-state index in [1.807, 2.05) is 0 Å². The number of methoxy groups -OCH3 is 1. The molecular formula is C15H11F3O3. The molecule has 0 heterocycles. The smallest absolute Gasteiger partial charge is 0.417 e. The van der Waals surface area contributed by atoms with Crippen LogP contribution in [0.15, 0.2) is 42.5 Å². The highest BCUT2D eigenvalue weighted by Crippen LogP contribution is 2.38. The average molecular weight is 296 g/mol. The van der Waals surface area contributed by atoms with Crippen LogP contribution in [0.1, 0.15) is 15.9 Å². The Morgan fingerprint density at radius 2 is 1.76 bits per heavy atom. The minimum atomic E-state index is -4.56. The second kappa shape index (κ2) is 5.47. The fraction of sp³-hybridized carbons (Fsp3) is 0.133. The van der Waals surface area contributed by atoms with Crippen molar-refractivity contribution in [1.82, 2.24) is 0 Å². The zero-order chi connectivity index (χ0) is 15.6. The second-order valence-corrected chi connectivity index (χ2v) is 4.26. The normalized spacial score (nSPS) is 11.2. The molecule has 0 fully saturated rings. The molecule has 110 valence electrons. The van der Waals surface area contributed by atoms with Crippen LogP contribution < -0.4 is 4.74 Å². The Bertz CT molecular complexity index is 678. The zero-order valence-corrected chi connectivity index (χ0v) is 10.9. The highest BCUT2D eigenvalue weighted by atomic mass is 19.4. The van der Waals surface area contributed by atoms with E-state index >= 15 is 0 Å². The first-order valence-electron chi connectivity index (χ1n) is 5.92. The molecule has 0 aliphatic rings. The lowest BCUT2D eigenvalue weighted by molar-refractivity contribution is -0.137. The van der Waals surface area contributed by atoms with E-state index < -0.39 is 17.7 Å². The average Bonchev–Trinajstić information content (AvgIpc) is 2.45. The highest BCUT2D eigenvalue weighted by Gasteiger charge is 2.34. The quantitative estimate of drug-likeness (QED) is 0.928. The Labute approximate surface area is 118 Å². The molecule has 2 aromatic carbocycles. The lowest BCUT2D eigenvalue weighted by Crippen LogP contribution is -2.09. The molecule has 0 unspecified atom stereocenters. The summed E-state index contributed by atoms with van der Waals surface area (Å²) in [7, 11) is 1.35. The number of rotatable bonds is 3. The first kappa shape index (κ1) is 14.9. The van der Waals surface area contributed by atoms with E-state index in [4.69, 9.17) is 4.74 Å². The van der Waals surface area contributed by atoms with Gasteiger partial charge < -0.3 is 9.84 Å². The van der Waals surface area contributed by atoms with Crippen molar-refractivity contribution in [2.45, 2.75) is 6.18 Å². The Morgan fingerprint density at radius 3 is 2.33 bits per heavy atom. The third kappa shape index (κ3) is 2.99. The molecule has 3 nitrogen and oxygen atoms in total. The van der Waals surface area contributed by atoms with E-state index in [1.165, 1.54) is 43.5 Å². The number of carbonyl (C=O) groups is 1. The summed E-state index contributed by atoms with van der Waals surface area (Å²) in [6, 6.07) is 8.80. The fourth-order valence-corrected chi connectivity index (χ4v) is 2.03. The van der Waals surface area contributed by atoms with E-state index in [2.05, 4.69) is 0 Å². The van der Waals surface area contributed by atoms with Crippen molar-refractivity contribution in [3.63, 3.8) is 0 Å². The fourth-order valence-electron chi connectivity index (χ4n) is 2.03. The molecule has 21 heavy (non-hydrogen) atoms. The maximum Gasteiger partial charge on any atom is 0.417 e. The van der Waals surface area contributed by atoms with E-state index in [0.29, 0.717) is 0 Å². The standard InChI is InChI=1S/C15H11F3O3/c1-21-9-6-7-10(12(8-9)14(19)20)11-4-2-3-5-13(11)15(16,17)18/h2-8H,1H3,(H,19,20). The summed E-state index contributed by atoms with van der Waals surface area (Å²) in [6.07, 6.45) is -4.56. The van der Waals surface area contributed by atoms with Gasteiger partial charge in [-0.1, -0.05) is 18.2 Å². The predicted molar refractivity (Wildman–Crippen MR) is 70.4 cm³/mol. The Balaban J connectivity index is 2.71. The largest absolute Gasteiger partial charge is 0.497 e. The first-order valence-corrected chi connectivity index (χ1v) is 5.92. The van der Waals surface area contributed by atoms with E-state index in [0.717, 1.165) is 6.07 Å². The molecular weight excluding hydrogens is 285 g/mol. The lowest BCUT2D eigenvalue weighted by atomic mass is 9.95. The van der Waals surface area contributed by atoms with Gasteiger partial charge in [-0.2, -0.15) is 13.2 Å². The molecule has 1 N–H and O–H groups in total. The summed E-state index contributed by atoms with van der Waals surface area (Å²) in [4.78, 5) is 11.3. The SMILES string of the molecule is COc1ccc(-c2ccccc2C(F)(F)F)c(C(=O)O)c1. The number of alkyl halides is 3. The zero-order valence-electron chi connectivity index (χ0n) is 10.9. The van der Waals surface area contributed by atoms with Crippen LogP contribution in [0, 0.1) is 0 Å². The van der Waals surface area contributed by atoms with Gasteiger partial charge in [-0.05, 0) is 35.4 Å². The molecule has 0 spiro atoms. The van der Waals surface area contributed by atoms with E-state index in [9.17, 15) is 23.1 Å². The number of aromatic carboxylic acids is 1. The van der Waals surface area contributed by atoms with Crippen LogP contribution in [0.3, 0.4) is 0 Å². The molecule has 0 saturated carbocycles. The number of carboxylic acid groups (broad SMARTS) is 1. The molecule has 0 saturated heterocycles. The molecule has 0 aliphatic carbocycles. The van der Waals surface area contributed by atoms with Gasteiger partial charge >= 0.3 is 12.1 Å². The highest BCUT2D eigenvalue weighted by molar-refractivity contribution is 5.97. The van der Waals surface area contributed by atoms with Crippen molar-refractivity contribution < 1.29 is 27.8 Å². The topological polar surface area (TPSA) is 46.5 Å². The van der Waals surface area contributed by atoms with Crippen LogP contribution >= 0.6 is 0 Å². The van der Waals surface area contributed by atoms with Crippen molar-refractivity contribution >= 4 is 5.97 Å². The summed E-state index contributed by atoms with van der Waals surface area (Å²) in [5.41, 5.74) is -1.30. The number of hydrogen-bond donors (Lipinski definition) is 1. The molecule has 2 rings (SSSR count). The van der Waals surface area contributed by atoms with Gasteiger partial charge in [0.1, 0.15) is 5.75 Å². The number of hydrogen-bond acceptors (Lipinski definition) is 2. The number of ether oxygens (including phenoxy) is 1. The molecule has 6 heteroatoms. The summed E-state index contributed by atoms with van der Waals surface area (Å²) < 4.78 is 44.0. The van der Waals surface area contributed by atoms with Crippen molar-refractivity contribution in [1.29, 1.82) is 0 Å². The van der Waals surface area contributed by atoms with Gasteiger partial charge in [-0.15, -0.1) is 0 Å². The van der Waals surface area contributed by atoms with Gasteiger partial charge in [-0.3, -0.25) is 0 Å². The van der Waals surface area contributed by atoms with Crippen molar-refractivity contribution in [3.8, 4) is 16.9 Å². The lowest BCUT2D eigenvalue weighted by Gasteiger charge is -2.15. The molecule has 0 radical (unpaired) electrons. The van der Waals surface area contributed by atoms with Gasteiger partial charge in [0, 0.05) is 0 Å².